The van der Waals surface area contributed by atoms with Crippen molar-refractivity contribution in [3.05, 3.63) is 137 Å². The van der Waals surface area contributed by atoms with Crippen LogP contribution in [0.25, 0.3) is 0 Å². The molecule has 1 N–H and O–H groups in total. The molecule has 0 aliphatic heterocycles. The summed E-state index contributed by atoms with van der Waals surface area (Å²) in [6.07, 6.45) is 0. The zero-order valence-corrected chi connectivity index (χ0v) is 17.7. The topological polar surface area (TPSA) is 72.5 Å². The Kier molecular flexibility index (Phi) is 6.71. The third-order valence-electron chi connectivity index (χ3n) is 5.04. The summed E-state index contributed by atoms with van der Waals surface area (Å²) in [5, 5.41) is 2.79. The number of ether oxygens (including phenoxy) is 1. The molecule has 0 aromatic heterocycles. The number of carbonyl (C=O) groups is 3. The fourth-order valence-electron chi connectivity index (χ4n) is 3.22. The van der Waals surface area contributed by atoms with Crippen molar-refractivity contribution in [3.63, 3.8) is 0 Å². The second-order valence-corrected chi connectivity index (χ2v) is 7.37. The number of rotatable bonds is 7. The van der Waals surface area contributed by atoms with Crippen molar-refractivity contribution >= 4 is 23.3 Å². The fraction of sp³-hybridized carbons (Fsp3) is 0.0357. The molecule has 0 spiro atoms. The molecule has 0 saturated carbocycles. The fourth-order valence-corrected chi connectivity index (χ4v) is 3.22. The third-order valence-corrected chi connectivity index (χ3v) is 5.04. The SMILES string of the molecule is O=C(Nc1ccc(C(=O)OCc2ccc(C(=O)c3ccccc3)cc2)cc1)c1ccccc1. The van der Waals surface area contributed by atoms with E-state index in [1.54, 1.807) is 84.9 Å². The van der Waals surface area contributed by atoms with Crippen LogP contribution in [0.5, 0.6) is 0 Å². The van der Waals surface area contributed by atoms with Crippen molar-refractivity contribution in [3.8, 4) is 0 Å². The molecule has 0 unspecified atom stereocenters. The maximum absolute atomic E-state index is 12.5. The normalized spacial score (nSPS) is 10.3. The predicted molar refractivity (Wildman–Crippen MR) is 126 cm³/mol. The van der Waals surface area contributed by atoms with Crippen molar-refractivity contribution in [2.75, 3.05) is 5.32 Å². The van der Waals surface area contributed by atoms with E-state index in [9.17, 15) is 14.4 Å². The van der Waals surface area contributed by atoms with Crippen molar-refractivity contribution in [1.29, 1.82) is 0 Å². The van der Waals surface area contributed by atoms with Gasteiger partial charge in [-0.3, -0.25) is 9.59 Å². The van der Waals surface area contributed by atoms with Gasteiger partial charge in [0.05, 0.1) is 5.56 Å². The smallest absolute Gasteiger partial charge is 0.338 e. The number of ketones is 1. The Balaban J connectivity index is 1.31. The predicted octanol–water partition coefficient (Wildman–Crippen LogP) is 5.53. The summed E-state index contributed by atoms with van der Waals surface area (Å²) in [5.41, 5.74) is 3.49. The summed E-state index contributed by atoms with van der Waals surface area (Å²) in [6.45, 7) is 0.0884. The van der Waals surface area contributed by atoms with E-state index in [0.717, 1.165) is 5.56 Å². The Morgan fingerprint density at radius 3 is 1.70 bits per heavy atom. The lowest BCUT2D eigenvalue weighted by atomic mass is 10.0. The largest absolute Gasteiger partial charge is 0.457 e. The Labute approximate surface area is 191 Å². The second kappa shape index (κ2) is 10.2. The molecule has 0 fully saturated rings. The van der Waals surface area contributed by atoms with Gasteiger partial charge in [0.1, 0.15) is 6.61 Å². The van der Waals surface area contributed by atoms with Gasteiger partial charge in [-0.1, -0.05) is 72.8 Å². The average molecular weight is 435 g/mol. The van der Waals surface area contributed by atoms with Crippen molar-refractivity contribution < 1.29 is 19.1 Å². The van der Waals surface area contributed by atoms with E-state index in [-0.39, 0.29) is 18.3 Å². The summed E-state index contributed by atoms with van der Waals surface area (Å²) in [5.74, 6) is -0.751. The summed E-state index contributed by atoms with van der Waals surface area (Å²) < 4.78 is 5.38. The van der Waals surface area contributed by atoms with Crippen molar-refractivity contribution in [2.45, 2.75) is 6.61 Å². The lowest BCUT2D eigenvalue weighted by molar-refractivity contribution is 0.0472. The van der Waals surface area contributed by atoms with Gasteiger partial charge in [0.15, 0.2) is 5.78 Å². The van der Waals surface area contributed by atoms with Gasteiger partial charge < -0.3 is 10.1 Å². The van der Waals surface area contributed by atoms with Crippen LogP contribution in [0.15, 0.2) is 109 Å². The molecule has 0 bridgehead atoms. The minimum Gasteiger partial charge on any atom is -0.457 e. The monoisotopic (exact) mass is 435 g/mol. The highest BCUT2D eigenvalue weighted by Crippen LogP contribution is 2.15. The molecule has 0 heterocycles. The molecule has 0 aliphatic rings. The molecular weight excluding hydrogens is 414 g/mol. The summed E-state index contributed by atoms with van der Waals surface area (Å²) >= 11 is 0. The number of anilines is 1. The maximum atomic E-state index is 12.5. The van der Waals surface area contributed by atoms with Crippen LogP contribution >= 0.6 is 0 Å². The molecule has 5 nitrogen and oxygen atoms in total. The Morgan fingerprint density at radius 1 is 0.576 bits per heavy atom. The molecule has 0 atom stereocenters. The highest BCUT2D eigenvalue weighted by Gasteiger charge is 2.11. The van der Waals surface area contributed by atoms with E-state index in [1.807, 2.05) is 24.3 Å². The van der Waals surface area contributed by atoms with Crippen LogP contribution in [0, 0.1) is 0 Å². The minimum atomic E-state index is -0.472. The van der Waals surface area contributed by atoms with Crippen LogP contribution in [-0.2, 0) is 11.3 Å². The van der Waals surface area contributed by atoms with E-state index in [1.165, 1.54) is 0 Å². The van der Waals surface area contributed by atoms with Gasteiger partial charge in [-0.2, -0.15) is 0 Å². The Hall–Kier alpha value is -4.51. The van der Waals surface area contributed by atoms with Crippen LogP contribution in [0.2, 0.25) is 0 Å². The number of nitrogens with one attached hydrogen (secondary N) is 1. The highest BCUT2D eigenvalue weighted by molar-refractivity contribution is 6.09. The highest BCUT2D eigenvalue weighted by atomic mass is 16.5. The summed E-state index contributed by atoms with van der Waals surface area (Å²) in [4.78, 5) is 37.1. The zero-order valence-electron chi connectivity index (χ0n) is 17.7. The van der Waals surface area contributed by atoms with Crippen LogP contribution in [0.3, 0.4) is 0 Å². The van der Waals surface area contributed by atoms with Crippen molar-refractivity contribution in [2.24, 2.45) is 0 Å². The first-order chi connectivity index (χ1) is 16.1. The quantitative estimate of drug-likeness (QED) is 0.306. The molecule has 0 radical (unpaired) electrons. The van der Waals surface area contributed by atoms with E-state index in [0.29, 0.717) is 27.9 Å². The first-order valence-electron chi connectivity index (χ1n) is 10.4. The Morgan fingerprint density at radius 2 is 1.09 bits per heavy atom. The molecule has 0 saturated heterocycles. The number of hydrogen-bond acceptors (Lipinski definition) is 4. The molecule has 4 rings (SSSR count). The average Bonchev–Trinajstić information content (AvgIpc) is 2.88. The number of benzene rings is 4. The van der Waals surface area contributed by atoms with Gasteiger partial charge >= 0.3 is 5.97 Å². The summed E-state index contributed by atoms with van der Waals surface area (Å²) in [6, 6.07) is 31.4. The van der Waals surface area contributed by atoms with Gasteiger partial charge in [0, 0.05) is 22.4 Å². The number of carbonyl (C=O) groups excluding carboxylic acids is 3. The second-order valence-electron chi connectivity index (χ2n) is 7.37. The van der Waals surface area contributed by atoms with Gasteiger partial charge in [-0.15, -0.1) is 0 Å². The molecule has 33 heavy (non-hydrogen) atoms. The van der Waals surface area contributed by atoms with E-state index < -0.39 is 5.97 Å². The van der Waals surface area contributed by atoms with Gasteiger partial charge in [0.25, 0.3) is 5.91 Å². The standard InChI is InChI=1S/C28H21NO4/c30-26(21-7-3-1-4-8-21)22-13-11-20(12-14-22)19-33-28(32)24-15-17-25(18-16-24)29-27(31)23-9-5-2-6-10-23/h1-18H,19H2,(H,29,31). The first kappa shape index (κ1) is 21.7. The Bertz CT molecular complexity index is 1250. The number of amides is 1. The van der Waals surface area contributed by atoms with Crippen molar-refractivity contribution in [1.82, 2.24) is 0 Å². The number of esters is 1. The summed E-state index contributed by atoms with van der Waals surface area (Å²) in [7, 11) is 0. The van der Waals surface area contributed by atoms with Crippen LogP contribution in [0.4, 0.5) is 5.69 Å². The zero-order chi connectivity index (χ0) is 23.0. The third kappa shape index (κ3) is 5.60. The molecule has 4 aromatic rings. The van der Waals surface area contributed by atoms with Gasteiger partial charge in [0.2, 0.25) is 0 Å². The van der Waals surface area contributed by atoms with Crippen LogP contribution in [0.1, 0.15) is 42.2 Å². The molecule has 5 heteroatoms. The first-order valence-corrected chi connectivity index (χ1v) is 10.4. The minimum absolute atomic E-state index is 0.0569. The molecule has 162 valence electrons. The van der Waals surface area contributed by atoms with E-state index in [2.05, 4.69) is 5.32 Å². The molecular formula is C28H21NO4. The lowest BCUT2D eigenvalue weighted by Gasteiger charge is -2.08. The van der Waals surface area contributed by atoms with E-state index >= 15 is 0 Å². The van der Waals surface area contributed by atoms with Gasteiger partial charge in [-0.25, -0.2) is 4.79 Å². The molecule has 0 aliphatic carbocycles. The van der Waals surface area contributed by atoms with E-state index in [4.69, 9.17) is 4.74 Å². The molecule has 4 aromatic carbocycles. The lowest BCUT2D eigenvalue weighted by Crippen LogP contribution is -2.12. The van der Waals surface area contributed by atoms with Gasteiger partial charge in [-0.05, 0) is 42.0 Å². The maximum Gasteiger partial charge on any atom is 0.338 e. The molecule has 1 amide bonds. The van der Waals surface area contributed by atoms with Crippen LogP contribution in [-0.4, -0.2) is 17.7 Å². The van der Waals surface area contributed by atoms with Crippen LogP contribution < -0.4 is 5.32 Å². The number of hydrogen-bond donors (Lipinski definition) is 1.